The third-order valence-electron chi connectivity index (χ3n) is 5.64. The molecule has 0 bridgehead atoms. The van der Waals surface area contributed by atoms with E-state index in [0.29, 0.717) is 23.6 Å². The van der Waals surface area contributed by atoms with Crippen molar-refractivity contribution in [1.82, 2.24) is 14.8 Å². The van der Waals surface area contributed by atoms with Gasteiger partial charge in [-0.05, 0) is 36.2 Å². The van der Waals surface area contributed by atoms with Crippen LogP contribution in [0.2, 0.25) is 0 Å². The zero-order valence-corrected chi connectivity index (χ0v) is 23.2. The number of fused-ring (bicyclic) bond motifs is 1. The van der Waals surface area contributed by atoms with Crippen LogP contribution >= 0.6 is 18.9 Å². The second-order valence-electron chi connectivity index (χ2n) is 8.54. The number of nitrogens with two attached hydrogens (primary N) is 1. The largest absolute Gasteiger partial charge is 0.497 e. The van der Waals surface area contributed by atoms with Gasteiger partial charge in [-0.15, -0.1) is 11.3 Å². The molecule has 0 saturated carbocycles. The first-order valence-electron chi connectivity index (χ1n) is 11.3. The number of thiophene rings is 1. The van der Waals surface area contributed by atoms with Gasteiger partial charge in [-0.3, -0.25) is 4.57 Å². The fraction of sp³-hybridized carbons (Fsp3) is 0.261. The van der Waals surface area contributed by atoms with E-state index in [1.54, 1.807) is 25.3 Å². The molecule has 0 aliphatic heterocycles. The first kappa shape index (κ1) is 29.5. The lowest BCUT2D eigenvalue weighted by molar-refractivity contribution is 0.0599. The Labute approximate surface area is 230 Å². The van der Waals surface area contributed by atoms with E-state index >= 15 is 0 Å². The molecular weight excluding hydrogens is 591 g/mol. The summed E-state index contributed by atoms with van der Waals surface area (Å²) >= 11 is 0.297. The Kier molecular flexibility index (Phi) is 8.27. The summed E-state index contributed by atoms with van der Waals surface area (Å²) in [7, 11) is -8.21. The summed E-state index contributed by atoms with van der Waals surface area (Å²) < 4.78 is 75.9. The second-order valence-corrected chi connectivity index (χ2v) is 12.9. The Morgan fingerprint density at radius 3 is 2.55 bits per heavy atom. The minimum atomic E-state index is -5.98. The number of alkyl halides is 2. The van der Waals surface area contributed by atoms with Crippen molar-refractivity contribution in [3.63, 3.8) is 0 Å². The molecule has 2 heterocycles. The monoisotopic (exact) mass is 613 g/mol. The van der Waals surface area contributed by atoms with Crippen molar-refractivity contribution < 1.29 is 41.0 Å². The van der Waals surface area contributed by atoms with E-state index in [4.69, 9.17) is 14.6 Å². The molecule has 0 unspecified atom stereocenters. The fourth-order valence-electron chi connectivity index (χ4n) is 3.72. The molecular formula is C23H22F2N5O7PS2. The SMILES string of the molecule is COc1ccc(Cn2cnc(-c3cc(OCCCS(N)(=O)=O)c4sc(C(F)(F)P(=O)(O)O)c(C#N)c4c3)n2)cc1. The number of primary sulfonamides is 1. The van der Waals surface area contributed by atoms with Crippen LogP contribution in [0.3, 0.4) is 0 Å². The lowest BCUT2D eigenvalue weighted by Gasteiger charge is -2.16. The van der Waals surface area contributed by atoms with Gasteiger partial charge in [0.1, 0.15) is 28.8 Å². The molecule has 0 atom stereocenters. The quantitative estimate of drug-likeness (QED) is 0.167. The molecule has 40 heavy (non-hydrogen) atoms. The van der Waals surface area contributed by atoms with Crippen LogP contribution in [0.4, 0.5) is 8.78 Å². The Balaban J connectivity index is 1.77. The number of ether oxygens (including phenoxy) is 2. The van der Waals surface area contributed by atoms with Crippen molar-refractivity contribution in [3.05, 3.63) is 58.7 Å². The van der Waals surface area contributed by atoms with Crippen LogP contribution < -0.4 is 14.6 Å². The van der Waals surface area contributed by atoms with E-state index in [9.17, 15) is 36.8 Å². The molecule has 17 heteroatoms. The molecule has 2 aromatic carbocycles. The highest BCUT2D eigenvalue weighted by molar-refractivity contribution is 7.89. The standard InChI is InChI=1S/C23H22F2N5O7PS2/c1-36-16-5-3-14(4-6-16)12-30-13-28-22(29-30)15-9-17-18(11-26)21(23(24,25)38(31,32)33)39-20(17)19(10-15)37-7-2-8-40(27,34)35/h3-6,9-10,13H,2,7-8,12H2,1H3,(H2,27,34,35)(H2,31,32,33). The average Bonchev–Trinajstić information content (AvgIpc) is 3.50. The van der Waals surface area contributed by atoms with E-state index in [-0.39, 0.29) is 40.3 Å². The summed E-state index contributed by atoms with van der Waals surface area (Å²) in [5, 5.41) is 19.1. The van der Waals surface area contributed by atoms with Gasteiger partial charge in [0.25, 0.3) is 0 Å². The molecule has 4 rings (SSSR count). The minimum absolute atomic E-state index is 0.0108. The van der Waals surface area contributed by atoms with Gasteiger partial charge in [0.05, 0.1) is 36.3 Å². The first-order valence-corrected chi connectivity index (χ1v) is 15.5. The van der Waals surface area contributed by atoms with Crippen LogP contribution in [-0.2, 0) is 26.8 Å². The predicted octanol–water partition coefficient (Wildman–Crippen LogP) is 3.37. The highest BCUT2D eigenvalue weighted by Gasteiger charge is 2.53. The number of benzene rings is 2. The second kappa shape index (κ2) is 11.2. The molecule has 4 aromatic rings. The van der Waals surface area contributed by atoms with Crippen LogP contribution in [0.5, 0.6) is 11.5 Å². The number of nitriles is 1. The summed E-state index contributed by atoms with van der Waals surface area (Å²) in [4.78, 5) is 21.7. The van der Waals surface area contributed by atoms with Crippen molar-refractivity contribution >= 4 is 39.0 Å². The molecule has 0 fully saturated rings. The van der Waals surface area contributed by atoms with Gasteiger partial charge in [0.15, 0.2) is 5.82 Å². The van der Waals surface area contributed by atoms with Gasteiger partial charge in [0, 0.05) is 10.9 Å². The summed E-state index contributed by atoms with van der Waals surface area (Å²) in [6.07, 6.45) is 1.42. The van der Waals surface area contributed by atoms with E-state index in [1.165, 1.54) is 23.1 Å². The van der Waals surface area contributed by atoms with Crippen LogP contribution in [0, 0.1) is 11.3 Å². The minimum Gasteiger partial charge on any atom is -0.497 e. The number of methoxy groups -OCH3 is 1. The highest BCUT2D eigenvalue weighted by atomic mass is 32.2. The molecule has 212 valence electrons. The molecule has 0 aliphatic carbocycles. The first-order chi connectivity index (χ1) is 18.7. The highest BCUT2D eigenvalue weighted by Crippen LogP contribution is 2.62. The lowest BCUT2D eigenvalue weighted by atomic mass is 10.1. The van der Waals surface area contributed by atoms with E-state index in [0.717, 1.165) is 5.56 Å². The van der Waals surface area contributed by atoms with Crippen LogP contribution in [0.15, 0.2) is 42.7 Å². The van der Waals surface area contributed by atoms with Crippen molar-refractivity contribution in [2.45, 2.75) is 18.6 Å². The summed E-state index contributed by atoms with van der Waals surface area (Å²) in [5.74, 6) is 0.411. The Morgan fingerprint density at radius 2 is 1.95 bits per heavy atom. The molecule has 0 amide bonds. The molecule has 2 aromatic heterocycles. The van der Waals surface area contributed by atoms with Gasteiger partial charge in [-0.2, -0.15) is 19.1 Å². The normalized spacial score (nSPS) is 12.4. The molecule has 0 spiro atoms. The van der Waals surface area contributed by atoms with Crippen molar-refractivity contribution in [2.24, 2.45) is 5.14 Å². The number of halogens is 2. The maximum atomic E-state index is 14.7. The molecule has 0 aliphatic rings. The van der Waals surface area contributed by atoms with Gasteiger partial charge < -0.3 is 19.3 Å². The van der Waals surface area contributed by atoms with Crippen LogP contribution in [0.25, 0.3) is 21.5 Å². The average molecular weight is 614 g/mol. The number of aromatic nitrogens is 3. The predicted molar refractivity (Wildman–Crippen MR) is 142 cm³/mol. The third-order valence-corrected chi connectivity index (χ3v) is 8.89. The molecule has 4 N–H and O–H groups in total. The molecule has 0 saturated heterocycles. The Morgan fingerprint density at radius 1 is 1.25 bits per heavy atom. The third kappa shape index (κ3) is 6.30. The number of hydrogen-bond acceptors (Lipinski definition) is 9. The van der Waals surface area contributed by atoms with Gasteiger partial charge in [0.2, 0.25) is 10.0 Å². The topological polar surface area (TPSA) is 191 Å². The molecule has 0 radical (unpaired) electrons. The van der Waals surface area contributed by atoms with E-state index in [1.807, 2.05) is 12.1 Å². The zero-order chi connectivity index (χ0) is 29.3. The van der Waals surface area contributed by atoms with Gasteiger partial charge >= 0.3 is 13.3 Å². The van der Waals surface area contributed by atoms with Gasteiger partial charge in [-0.1, -0.05) is 12.1 Å². The van der Waals surface area contributed by atoms with Crippen molar-refractivity contribution in [1.29, 1.82) is 5.26 Å². The van der Waals surface area contributed by atoms with Crippen LogP contribution in [0.1, 0.15) is 22.4 Å². The number of hydrogen-bond donors (Lipinski definition) is 3. The van der Waals surface area contributed by atoms with Crippen molar-refractivity contribution in [2.75, 3.05) is 19.5 Å². The van der Waals surface area contributed by atoms with E-state index in [2.05, 4.69) is 10.1 Å². The zero-order valence-electron chi connectivity index (χ0n) is 20.7. The Hall–Kier alpha value is -3.45. The summed E-state index contributed by atoms with van der Waals surface area (Å²) in [6, 6.07) is 11.6. The van der Waals surface area contributed by atoms with Crippen molar-refractivity contribution in [3.8, 4) is 29.0 Å². The lowest BCUT2D eigenvalue weighted by Crippen LogP contribution is -2.18. The maximum Gasteiger partial charge on any atom is 0.400 e. The van der Waals surface area contributed by atoms with Gasteiger partial charge in [-0.25, -0.2) is 23.2 Å². The number of nitrogens with zero attached hydrogens (tertiary/aromatic N) is 4. The Bertz CT molecular complexity index is 1750. The molecule has 12 nitrogen and oxygen atoms in total. The summed E-state index contributed by atoms with van der Waals surface area (Å²) in [5.41, 5.74) is -4.11. The van der Waals surface area contributed by atoms with Crippen LogP contribution in [-0.4, -0.2) is 52.4 Å². The number of rotatable bonds is 11. The maximum absolute atomic E-state index is 14.7. The number of sulfonamides is 1. The summed E-state index contributed by atoms with van der Waals surface area (Å²) in [6.45, 7) is 0.162. The fourth-order valence-corrected chi connectivity index (χ4v) is 6.19. The smallest absolute Gasteiger partial charge is 0.400 e. The van der Waals surface area contributed by atoms with E-state index < -0.39 is 39.5 Å².